The third-order valence-electron chi connectivity index (χ3n) is 10.8. The Morgan fingerprint density at radius 3 is 1.73 bits per heavy atom. The molecule has 0 aliphatic heterocycles. The maximum atomic E-state index is 5.28. The first-order chi connectivity index (χ1) is 27.7. The highest BCUT2D eigenvalue weighted by molar-refractivity contribution is 7.22. The number of nitrogens with zero attached hydrogens (tertiary/aromatic N) is 3. The van der Waals surface area contributed by atoms with E-state index in [0.29, 0.717) is 5.82 Å². The van der Waals surface area contributed by atoms with Gasteiger partial charge in [0.2, 0.25) is 0 Å². The average molecular weight is 732 g/mol. The van der Waals surface area contributed by atoms with Crippen LogP contribution in [0.15, 0.2) is 200 Å². The van der Waals surface area contributed by atoms with Crippen LogP contribution >= 0.6 is 11.3 Å². The molecule has 0 saturated heterocycles. The number of thiophene rings is 1. The molecule has 0 amide bonds. The molecule has 0 unspecified atom stereocenters. The highest BCUT2D eigenvalue weighted by Crippen LogP contribution is 2.38. The van der Waals surface area contributed by atoms with E-state index in [-0.39, 0.29) is 0 Å². The molecule has 0 aliphatic rings. The Balaban J connectivity index is 1.04. The van der Waals surface area contributed by atoms with Crippen LogP contribution in [0, 0.1) is 0 Å². The van der Waals surface area contributed by atoms with E-state index in [1.54, 1.807) is 0 Å². The van der Waals surface area contributed by atoms with Gasteiger partial charge in [-0.3, -0.25) is 0 Å². The molecule has 3 nitrogen and oxygen atoms in total. The van der Waals surface area contributed by atoms with E-state index in [4.69, 9.17) is 9.97 Å². The topological polar surface area (TPSA) is 30.7 Å². The summed E-state index contributed by atoms with van der Waals surface area (Å²) >= 11 is 1.83. The van der Waals surface area contributed by atoms with Gasteiger partial charge in [-0.15, -0.1) is 11.3 Å². The van der Waals surface area contributed by atoms with E-state index >= 15 is 0 Å². The zero-order chi connectivity index (χ0) is 37.0. The van der Waals surface area contributed by atoms with E-state index in [9.17, 15) is 0 Å². The third-order valence-corrected chi connectivity index (χ3v) is 12.0. The van der Waals surface area contributed by atoms with E-state index in [2.05, 4.69) is 205 Å². The Hall–Kier alpha value is -7.14. The van der Waals surface area contributed by atoms with Crippen LogP contribution in [0.5, 0.6) is 0 Å². The summed E-state index contributed by atoms with van der Waals surface area (Å²) in [5, 5.41) is 6.13. The summed E-state index contributed by atoms with van der Waals surface area (Å²) < 4.78 is 3.64. The highest BCUT2D eigenvalue weighted by Gasteiger charge is 2.16. The minimum atomic E-state index is 0.697. The molecule has 0 fully saturated rings. The molecule has 262 valence electrons. The van der Waals surface area contributed by atoms with Crippen LogP contribution in [-0.2, 0) is 0 Å². The van der Waals surface area contributed by atoms with Gasteiger partial charge < -0.3 is 4.57 Å². The average Bonchev–Trinajstić information content (AvgIpc) is 3.86. The third kappa shape index (κ3) is 5.58. The predicted molar refractivity (Wildman–Crippen MR) is 236 cm³/mol. The normalized spacial score (nSPS) is 11.6. The Bertz CT molecular complexity index is 3190. The van der Waals surface area contributed by atoms with Gasteiger partial charge in [-0.1, -0.05) is 146 Å². The van der Waals surface area contributed by atoms with Crippen molar-refractivity contribution in [3.63, 3.8) is 0 Å². The summed E-state index contributed by atoms with van der Waals surface area (Å²) in [5.74, 6) is 0.697. The number of aromatic nitrogens is 3. The fourth-order valence-electron chi connectivity index (χ4n) is 8.07. The lowest BCUT2D eigenvalue weighted by Gasteiger charge is -2.12. The summed E-state index contributed by atoms with van der Waals surface area (Å²) in [6.45, 7) is 0. The van der Waals surface area contributed by atoms with Gasteiger partial charge in [-0.2, -0.15) is 0 Å². The molecule has 8 aromatic carbocycles. The van der Waals surface area contributed by atoms with Crippen molar-refractivity contribution in [3.8, 4) is 61.2 Å². The van der Waals surface area contributed by atoms with Crippen molar-refractivity contribution >= 4 is 54.0 Å². The molecule has 0 radical (unpaired) electrons. The first-order valence-electron chi connectivity index (χ1n) is 18.9. The van der Waals surface area contributed by atoms with Crippen molar-refractivity contribution in [2.45, 2.75) is 0 Å². The zero-order valence-electron chi connectivity index (χ0n) is 30.3. The fraction of sp³-hybridized carbons (Fsp3) is 0. The monoisotopic (exact) mass is 731 g/mol. The number of fused-ring (bicyclic) bond motifs is 5. The van der Waals surface area contributed by atoms with Crippen LogP contribution in [0.1, 0.15) is 0 Å². The van der Waals surface area contributed by atoms with Gasteiger partial charge >= 0.3 is 0 Å². The minimum absolute atomic E-state index is 0.697. The molecule has 4 heteroatoms. The van der Waals surface area contributed by atoms with Gasteiger partial charge in [0.05, 0.1) is 22.4 Å². The quantitative estimate of drug-likeness (QED) is 0.170. The maximum absolute atomic E-state index is 5.28. The second kappa shape index (κ2) is 13.3. The number of rotatable bonds is 6. The number of hydrogen-bond donors (Lipinski definition) is 0. The first kappa shape index (κ1) is 32.3. The van der Waals surface area contributed by atoms with Gasteiger partial charge in [-0.05, 0) is 87.4 Å². The number of para-hydroxylation sites is 2. The van der Waals surface area contributed by atoms with Crippen LogP contribution in [0.2, 0.25) is 0 Å². The Kier molecular flexibility index (Phi) is 7.68. The smallest absolute Gasteiger partial charge is 0.160 e. The first-order valence-corrected chi connectivity index (χ1v) is 19.7. The number of hydrogen-bond acceptors (Lipinski definition) is 3. The molecule has 3 aromatic heterocycles. The lowest BCUT2D eigenvalue weighted by atomic mass is 9.97. The van der Waals surface area contributed by atoms with Crippen molar-refractivity contribution in [1.29, 1.82) is 0 Å². The lowest BCUT2D eigenvalue weighted by molar-refractivity contribution is 1.17. The molecule has 11 rings (SSSR count). The molecular weight excluding hydrogens is 699 g/mol. The van der Waals surface area contributed by atoms with Crippen molar-refractivity contribution in [2.75, 3.05) is 0 Å². The SMILES string of the molecule is c1ccc(-n2c3ccccc3c3cc(-c4nc(-c5ccc(-c6cc7ccccc7s6)cc5)cc(-c5ccc(-c6cccc7ccccc67)cc5)n4)ccc32)cc1. The molecule has 3 heterocycles. The van der Waals surface area contributed by atoms with Gasteiger partial charge in [0.1, 0.15) is 0 Å². The maximum Gasteiger partial charge on any atom is 0.160 e. The summed E-state index contributed by atoms with van der Waals surface area (Å²) in [7, 11) is 0. The van der Waals surface area contributed by atoms with Gasteiger partial charge in [0.25, 0.3) is 0 Å². The zero-order valence-corrected chi connectivity index (χ0v) is 31.1. The molecule has 0 aliphatic carbocycles. The van der Waals surface area contributed by atoms with E-state index in [1.165, 1.54) is 58.7 Å². The van der Waals surface area contributed by atoms with Crippen LogP contribution in [-0.4, -0.2) is 14.5 Å². The predicted octanol–water partition coefficient (Wildman–Crippen LogP) is 14.3. The van der Waals surface area contributed by atoms with Crippen LogP contribution in [0.25, 0.3) is 104 Å². The summed E-state index contributed by atoms with van der Waals surface area (Å²) in [6, 6.07) is 71.5. The van der Waals surface area contributed by atoms with Crippen LogP contribution < -0.4 is 0 Å². The van der Waals surface area contributed by atoms with E-state index < -0.39 is 0 Å². The summed E-state index contributed by atoms with van der Waals surface area (Å²) in [4.78, 5) is 11.8. The molecular formula is C52H33N3S. The Morgan fingerprint density at radius 2 is 0.964 bits per heavy atom. The Morgan fingerprint density at radius 1 is 0.375 bits per heavy atom. The summed E-state index contributed by atoms with van der Waals surface area (Å²) in [5.41, 5.74) is 11.9. The second-order valence-corrected chi connectivity index (χ2v) is 15.3. The van der Waals surface area contributed by atoms with Crippen molar-refractivity contribution in [3.05, 3.63) is 200 Å². The molecule has 56 heavy (non-hydrogen) atoms. The lowest BCUT2D eigenvalue weighted by Crippen LogP contribution is -1.96. The molecule has 0 saturated carbocycles. The largest absolute Gasteiger partial charge is 0.309 e. The number of benzene rings is 8. The van der Waals surface area contributed by atoms with Gasteiger partial charge in [-0.25, -0.2) is 9.97 Å². The molecule has 0 spiro atoms. The molecule has 0 atom stereocenters. The van der Waals surface area contributed by atoms with Crippen molar-refractivity contribution in [2.24, 2.45) is 0 Å². The molecule has 0 bridgehead atoms. The fourth-order valence-corrected chi connectivity index (χ4v) is 9.13. The van der Waals surface area contributed by atoms with Crippen molar-refractivity contribution < 1.29 is 0 Å². The highest BCUT2D eigenvalue weighted by atomic mass is 32.1. The van der Waals surface area contributed by atoms with Crippen LogP contribution in [0.3, 0.4) is 0 Å². The van der Waals surface area contributed by atoms with E-state index in [0.717, 1.165) is 39.3 Å². The standard InChI is InChI=1S/C52H33N3S/c1-2-14-41(15-3-1)55-48-19-8-7-17-44(48)45-31-40(29-30-49(45)55)52-53-46(36-23-21-35(22-24-36)43-18-10-13-34-11-4-6-16-42(34)43)33-47(54-52)37-25-27-38(28-26-37)51-32-39-12-5-9-20-50(39)56-51/h1-33H. The minimum Gasteiger partial charge on any atom is -0.309 e. The second-order valence-electron chi connectivity index (χ2n) is 14.2. The molecule has 0 N–H and O–H groups in total. The van der Waals surface area contributed by atoms with Crippen LogP contribution in [0.4, 0.5) is 0 Å². The molecule has 11 aromatic rings. The van der Waals surface area contributed by atoms with E-state index in [1.807, 2.05) is 11.3 Å². The van der Waals surface area contributed by atoms with Crippen molar-refractivity contribution in [1.82, 2.24) is 14.5 Å². The summed E-state index contributed by atoms with van der Waals surface area (Å²) in [6.07, 6.45) is 0. The van der Waals surface area contributed by atoms with Gasteiger partial charge in [0.15, 0.2) is 5.82 Å². The Labute approximate surface area is 328 Å². The van der Waals surface area contributed by atoms with Gasteiger partial charge in [0, 0.05) is 42.7 Å².